The van der Waals surface area contributed by atoms with Gasteiger partial charge in [0, 0.05) is 24.0 Å². The number of anilines is 1. The Morgan fingerprint density at radius 3 is 2.59 bits per heavy atom. The lowest BCUT2D eigenvalue weighted by Crippen LogP contribution is -2.46. The first kappa shape index (κ1) is 20.1. The van der Waals surface area contributed by atoms with Gasteiger partial charge < -0.3 is 10.6 Å². The van der Waals surface area contributed by atoms with E-state index in [1.165, 1.54) is 11.3 Å². The number of halogens is 2. The van der Waals surface area contributed by atoms with Gasteiger partial charge in [-0.2, -0.15) is 0 Å². The average Bonchev–Trinajstić information content (AvgIpc) is 3.07. The Kier molecular flexibility index (Phi) is 6.76. The lowest BCUT2D eigenvalue weighted by atomic mass is 10.0. The molecule has 1 fully saturated rings. The van der Waals surface area contributed by atoms with Crippen LogP contribution in [-0.2, 0) is 4.79 Å². The summed E-state index contributed by atoms with van der Waals surface area (Å²) in [4.78, 5) is 28.5. The van der Waals surface area contributed by atoms with Gasteiger partial charge in [-0.3, -0.25) is 14.5 Å². The number of amides is 2. The summed E-state index contributed by atoms with van der Waals surface area (Å²) in [5, 5.41) is 6.64. The van der Waals surface area contributed by atoms with Crippen LogP contribution in [0.15, 0.2) is 30.3 Å². The van der Waals surface area contributed by atoms with E-state index in [1.807, 2.05) is 19.1 Å². The van der Waals surface area contributed by atoms with Crippen LogP contribution in [0.4, 0.5) is 5.69 Å². The first-order valence-electron chi connectivity index (χ1n) is 8.76. The SMILES string of the molecule is Cc1ccc(C(=O)NC2CCN(CC(=O)Nc3cccc(Cl)c3Cl)CC2)s1. The highest BCUT2D eigenvalue weighted by molar-refractivity contribution is 7.13. The number of nitrogens with one attached hydrogen (secondary N) is 2. The van der Waals surface area contributed by atoms with Gasteiger partial charge in [-0.05, 0) is 44.0 Å². The molecule has 1 aliphatic heterocycles. The number of benzene rings is 1. The van der Waals surface area contributed by atoms with E-state index in [0.29, 0.717) is 15.7 Å². The first-order valence-corrected chi connectivity index (χ1v) is 10.3. The number of thiophene rings is 1. The molecule has 2 amide bonds. The van der Waals surface area contributed by atoms with E-state index in [9.17, 15) is 9.59 Å². The second-order valence-electron chi connectivity index (χ2n) is 6.58. The molecule has 0 atom stereocenters. The highest BCUT2D eigenvalue weighted by Gasteiger charge is 2.23. The van der Waals surface area contributed by atoms with Crippen molar-refractivity contribution >= 4 is 52.0 Å². The molecule has 0 spiro atoms. The van der Waals surface area contributed by atoms with E-state index in [-0.39, 0.29) is 24.4 Å². The van der Waals surface area contributed by atoms with Crippen LogP contribution in [0.5, 0.6) is 0 Å². The van der Waals surface area contributed by atoms with E-state index in [1.54, 1.807) is 18.2 Å². The minimum Gasteiger partial charge on any atom is -0.349 e. The van der Waals surface area contributed by atoms with E-state index in [0.717, 1.165) is 35.7 Å². The molecule has 27 heavy (non-hydrogen) atoms. The zero-order valence-electron chi connectivity index (χ0n) is 14.9. The molecule has 144 valence electrons. The van der Waals surface area contributed by atoms with Crippen molar-refractivity contribution in [2.75, 3.05) is 25.0 Å². The number of hydrogen-bond acceptors (Lipinski definition) is 4. The Bertz CT molecular complexity index is 832. The van der Waals surface area contributed by atoms with Crippen LogP contribution in [0, 0.1) is 6.92 Å². The average molecular weight is 426 g/mol. The lowest BCUT2D eigenvalue weighted by Gasteiger charge is -2.31. The molecular weight excluding hydrogens is 405 g/mol. The fourth-order valence-corrected chi connectivity index (χ4v) is 4.16. The van der Waals surface area contributed by atoms with Crippen molar-refractivity contribution in [3.8, 4) is 0 Å². The van der Waals surface area contributed by atoms with Crippen molar-refractivity contribution in [3.05, 3.63) is 50.1 Å². The summed E-state index contributed by atoms with van der Waals surface area (Å²) in [6, 6.07) is 9.09. The van der Waals surface area contributed by atoms with Gasteiger partial charge in [-0.25, -0.2) is 0 Å². The molecule has 0 radical (unpaired) electrons. The van der Waals surface area contributed by atoms with Crippen LogP contribution in [0.3, 0.4) is 0 Å². The maximum absolute atomic E-state index is 12.3. The number of carbonyl (C=O) groups excluding carboxylic acids is 2. The zero-order valence-corrected chi connectivity index (χ0v) is 17.3. The molecule has 0 unspecified atom stereocenters. The summed E-state index contributed by atoms with van der Waals surface area (Å²) in [7, 11) is 0. The zero-order chi connectivity index (χ0) is 19.4. The van der Waals surface area contributed by atoms with Crippen LogP contribution in [0.25, 0.3) is 0 Å². The number of rotatable bonds is 5. The van der Waals surface area contributed by atoms with E-state index in [4.69, 9.17) is 23.2 Å². The summed E-state index contributed by atoms with van der Waals surface area (Å²) in [6.45, 7) is 3.78. The third-order valence-electron chi connectivity index (χ3n) is 4.48. The highest BCUT2D eigenvalue weighted by Crippen LogP contribution is 2.29. The molecule has 1 aromatic heterocycles. The van der Waals surface area contributed by atoms with Crippen molar-refractivity contribution in [1.82, 2.24) is 10.2 Å². The summed E-state index contributed by atoms with van der Waals surface area (Å²) in [5.74, 6) is -0.143. The standard InChI is InChI=1S/C19H21Cl2N3O2S/c1-12-5-6-16(27-12)19(26)22-13-7-9-24(10-8-13)11-17(25)23-15-4-2-3-14(20)18(15)21/h2-6,13H,7-11H2,1H3,(H,22,26)(H,23,25). The van der Waals surface area contributed by atoms with Crippen molar-refractivity contribution in [2.45, 2.75) is 25.8 Å². The Hall–Kier alpha value is -1.60. The minimum absolute atomic E-state index is 0.0140. The third-order valence-corrected chi connectivity index (χ3v) is 6.30. The molecule has 1 aliphatic rings. The molecule has 2 aromatic rings. The first-order chi connectivity index (χ1) is 12.9. The Balaban J connectivity index is 1.44. The summed E-state index contributed by atoms with van der Waals surface area (Å²) in [5.41, 5.74) is 0.516. The van der Waals surface area contributed by atoms with Gasteiger partial charge in [0.1, 0.15) is 0 Å². The summed E-state index contributed by atoms with van der Waals surface area (Å²) >= 11 is 13.6. The van der Waals surface area contributed by atoms with Crippen LogP contribution in [0.2, 0.25) is 10.0 Å². The Labute approximate surface area is 172 Å². The highest BCUT2D eigenvalue weighted by atomic mass is 35.5. The monoisotopic (exact) mass is 425 g/mol. The summed E-state index contributed by atoms with van der Waals surface area (Å²) in [6.07, 6.45) is 1.64. The quantitative estimate of drug-likeness (QED) is 0.754. The van der Waals surface area contributed by atoms with Gasteiger partial charge >= 0.3 is 0 Å². The Morgan fingerprint density at radius 2 is 1.93 bits per heavy atom. The molecule has 3 rings (SSSR count). The lowest BCUT2D eigenvalue weighted by molar-refractivity contribution is -0.117. The molecule has 0 saturated carbocycles. The second-order valence-corrected chi connectivity index (χ2v) is 8.66. The van der Waals surface area contributed by atoms with Crippen LogP contribution in [0.1, 0.15) is 27.4 Å². The molecular formula is C19H21Cl2N3O2S. The van der Waals surface area contributed by atoms with Crippen LogP contribution >= 0.6 is 34.5 Å². The number of nitrogens with zero attached hydrogens (tertiary/aromatic N) is 1. The predicted octanol–water partition coefficient (Wildman–Crippen LogP) is 4.20. The number of carbonyl (C=O) groups is 2. The van der Waals surface area contributed by atoms with Crippen molar-refractivity contribution in [3.63, 3.8) is 0 Å². The fourth-order valence-electron chi connectivity index (χ4n) is 3.04. The van der Waals surface area contributed by atoms with Gasteiger partial charge in [0.05, 0.1) is 27.2 Å². The number of hydrogen-bond donors (Lipinski definition) is 2. The molecule has 0 bridgehead atoms. The van der Waals surface area contributed by atoms with Crippen LogP contribution in [-0.4, -0.2) is 42.4 Å². The molecule has 1 aromatic carbocycles. The Morgan fingerprint density at radius 1 is 1.19 bits per heavy atom. The minimum atomic E-state index is -0.129. The second kappa shape index (κ2) is 9.06. The maximum Gasteiger partial charge on any atom is 0.261 e. The van der Waals surface area contributed by atoms with Gasteiger partial charge in [0.25, 0.3) is 5.91 Å². The smallest absolute Gasteiger partial charge is 0.261 e. The fraction of sp³-hybridized carbons (Fsp3) is 0.368. The molecule has 0 aliphatic carbocycles. The van der Waals surface area contributed by atoms with Gasteiger partial charge in [-0.15, -0.1) is 11.3 Å². The van der Waals surface area contributed by atoms with Crippen molar-refractivity contribution < 1.29 is 9.59 Å². The van der Waals surface area contributed by atoms with Gasteiger partial charge in [-0.1, -0.05) is 29.3 Å². The van der Waals surface area contributed by atoms with E-state index >= 15 is 0 Å². The summed E-state index contributed by atoms with van der Waals surface area (Å²) < 4.78 is 0. The number of likely N-dealkylation sites (tertiary alicyclic amines) is 1. The number of piperidine rings is 1. The predicted molar refractivity (Wildman–Crippen MR) is 111 cm³/mol. The number of aryl methyl sites for hydroxylation is 1. The van der Waals surface area contributed by atoms with E-state index in [2.05, 4.69) is 15.5 Å². The van der Waals surface area contributed by atoms with Crippen molar-refractivity contribution in [2.24, 2.45) is 0 Å². The largest absolute Gasteiger partial charge is 0.349 e. The maximum atomic E-state index is 12.3. The third kappa shape index (κ3) is 5.45. The van der Waals surface area contributed by atoms with Gasteiger partial charge in [0.2, 0.25) is 5.91 Å². The molecule has 1 saturated heterocycles. The normalized spacial score (nSPS) is 15.5. The topological polar surface area (TPSA) is 61.4 Å². The van der Waals surface area contributed by atoms with Gasteiger partial charge in [0.15, 0.2) is 0 Å². The molecule has 2 heterocycles. The van der Waals surface area contributed by atoms with E-state index < -0.39 is 0 Å². The molecule has 2 N–H and O–H groups in total. The molecule has 5 nitrogen and oxygen atoms in total. The van der Waals surface area contributed by atoms with Crippen LogP contribution < -0.4 is 10.6 Å². The van der Waals surface area contributed by atoms with Crippen molar-refractivity contribution in [1.29, 1.82) is 0 Å². The molecule has 8 heteroatoms.